The Labute approximate surface area is 181 Å². The van der Waals surface area contributed by atoms with E-state index in [4.69, 9.17) is 9.47 Å². The van der Waals surface area contributed by atoms with Crippen LogP contribution in [0.25, 0.3) is 10.9 Å². The lowest BCUT2D eigenvalue weighted by Crippen LogP contribution is -2.28. The van der Waals surface area contributed by atoms with E-state index in [0.29, 0.717) is 34.9 Å². The number of benzene rings is 2. The molecular formula is C23H27N5O3. The number of aromatic nitrogens is 2. The average Bonchev–Trinajstić information content (AvgIpc) is 3.12. The van der Waals surface area contributed by atoms with Gasteiger partial charge in [0.1, 0.15) is 0 Å². The molecule has 1 aliphatic heterocycles. The Balaban J connectivity index is 1.60. The van der Waals surface area contributed by atoms with Crippen molar-refractivity contribution in [3.05, 3.63) is 52.3 Å². The number of fused-ring (bicyclic) bond motifs is 1. The Bertz CT molecular complexity index is 1200. The van der Waals surface area contributed by atoms with Gasteiger partial charge in [0, 0.05) is 31.9 Å². The summed E-state index contributed by atoms with van der Waals surface area (Å²) in [7, 11) is 5.00. The number of hydrogen-bond acceptors (Lipinski definition) is 7. The first kappa shape index (κ1) is 20.7. The van der Waals surface area contributed by atoms with Gasteiger partial charge in [0.25, 0.3) is 5.56 Å². The summed E-state index contributed by atoms with van der Waals surface area (Å²) in [5.41, 5.74) is 2.44. The van der Waals surface area contributed by atoms with Crippen molar-refractivity contribution < 1.29 is 9.47 Å². The topological polar surface area (TPSA) is 83.0 Å². The van der Waals surface area contributed by atoms with Crippen LogP contribution in [0.4, 0.5) is 11.6 Å². The van der Waals surface area contributed by atoms with Crippen molar-refractivity contribution >= 4 is 28.9 Å². The minimum atomic E-state index is -0.225. The Kier molecular flexibility index (Phi) is 5.31. The second kappa shape index (κ2) is 7.94. The number of aromatic amines is 1. The molecule has 1 N–H and O–H groups in total. The fourth-order valence-electron chi connectivity index (χ4n) is 3.70. The standard InChI is InChI=1S/C23H27N5O3/c1-23(2)13-28(14-24-23)16-8-6-7-15(9-16)12-27(3)22-25-18-11-20(31-5)19(30-4)10-17(18)21(29)26-22/h6-11,14H,12-13H2,1-5H3,(H,25,26,29). The van der Waals surface area contributed by atoms with E-state index in [2.05, 4.69) is 51.9 Å². The van der Waals surface area contributed by atoms with Gasteiger partial charge in [-0.05, 0) is 37.6 Å². The van der Waals surface area contributed by atoms with Crippen LogP contribution in [0.2, 0.25) is 0 Å². The molecule has 1 aromatic heterocycles. The second-order valence-corrected chi connectivity index (χ2v) is 8.32. The molecule has 0 spiro atoms. The molecule has 0 fully saturated rings. The molecule has 4 rings (SSSR count). The van der Waals surface area contributed by atoms with Crippen LogP contribution in [0.1, 0.15) is 19.4 Å². The molecular weight excluding hydrogens is 394 g/mol. The molecule has 0 atom stereocenters. The molecule has 31 heavy (non-hydrogen) atoms. The van der Waals surface area contributed by atoms with Crippen LogP contribution in [0.15, 0.2) is 46.2 Å². The third kappa shape index (κ3) is 4.19. The molecule has 0 unspecified atom stereocenters. The summed E-state index contributed by atoms with van der Waals surface area (Å²) < 4.78 is 10.6. The molecule has 8 heteroatoms. The van der Waals surface area contributed by atoms with Gasteiger partial charge in [0.05, 0.1) is 37.0 Å². The van der Waals surface area contributed by atoms with Crippen molar-refractivity contribution in [2.24, 2.45) is 4.99 Å². The first-order valence-corrected chi connectivity index (χ1v) is 10.1. The second-order valence-electron chi connectivity index (χ2n) is 8.32. The third-order valence-electron chi connectivity index (χ3n) is 5.33. The molecule has 162 valence electrons. The van der Waals surface area contributed by atoms with Gasteiger partial charge >= 0.3 is 0 Å². The van der Waals surface area contributed by atoms with Gasteiger partial charge in [0.15, 0.2) is 11.5 Å². The molecule has 0 bridgehead atoms. The zero-order valence-electron chi connectivity index (χ0n) is 18.5. The molecule has 0 saturated carbocycles. The van der Waals surface area contributed by atoms with E-state index in [0.717, 1.165) is 17.8 Å². The van der Waals surface area contributed by atoms with E-state index in [1.165, 1.54) is 7.11 Å². The number of rotatable bonds is 6. The van der Waals surface area contributed by atoms with Crippen LogP contribution < -0.4 is 24.8 Å². The van der Waals surface area contributed by atoms with Crippen LogP contribution in [0.3, 0.4) is 0 Å². The lowest BCUT2D eigenvalue weighted by atomic mass is 10.1. The quantitative estimate of drug-likeness (QED) is 0.658. The van der Waals surface area contributed by atoms with Gasteiger partial charge in [-0.2, -0.15) is 0 Å². The fourth-order valence-corrected chi connectivity index (χ4v) is 3.70. The monoisotopic (exact) mass is 421 g/mol. The van der Waals surface area contributed by atoms with Gasteiger partial charge in [-0.1, -0.05) is 12.1 Å². The summed E-state index contributed by atoms with van der Waals surface area (Å²) in [6.07, 6.45) is 1.90. The van der Waals surface area contributed by atoms with E-state index < -0.39 is 0 Å². The third-order valence-corrected chi connectivity index (χ3v) is 5.33. The van der Waals surface area contributed by atoms with E-state index in [1.54, 1.807) is 19.2 Å². The predicted octanol–water partition coefficient (Wildman–Crippen LogP) is 3.20. The first-order chi connectivity index (χ1) is 14.8. The maximum Gasteiger partial charge on any atom is 0.260 e. The maximum absolute atomic E-state index is 12.7. The number of nitrogens with zero attached hydrogens (tertiary/aromatic N) is 4. The molecule has 8 nitrogen and oxygen atoms in total. The van der Waals surface area contributed by atoms with Crippen molar-refractivity contribution in [2.45, 2.75) is 25.9 Å². The number of H-pyrrole nitrogens is 1. The zero-order valence-corrected chi connectivity index (χ0v) is 18.5. The molecule has 3 aromatic rings. The van der Waals surface area contributed by atoms with E-state index in [-0.39, 0.29) is 11.1 Å². The minimum absolute atomic E-state index is 0.0783. The van der Waals surface area contributed by atoms with Gasteiger partial charge in [0.2, 0.25) is 5.95 Å². The fraction of sp³-hybridized carbons (Fsp3) is 0.348. The SMILES string of the molecule is COc1cc2nc(N(C)Cc3cccc(N4C=NC(C)(C)C4)c3)[nH]c(=O)c2cc1OC. The van der Waals surface area contributed by atoms with Crippen LogP contribution in [-0.2, 0) is 6.54 Å². The number of ether oxygens (including phenoxy) is 2. The van der Waals surface area contributed by atoms with Crippen LogP contribution in [0, 0.1) is 0 Å². The maximum atomic E-state index is 12.7. The van der Waals surface area contributed by atoms with E-state index in [9.17, 15) is 4.79 Å². The van der Waals surface area contributed by atoms with Crippen LogP contribution in [-0.4, -0.2) is 49.7 Å². The van der Waals surface area contributed by atoms with Gasteiger partial charge in [-0.25, -0.2) is 4.98 Å². The summed E-state index contributed by atoms with van der Waals surface area (Å²) in [6.45, 7) is 5.67. The van der Waals surface area contributed by atoms with Gasteiger partial charge in [-0.3, -0.25) is 14.8 Å². The number of hydrogen-bond donors (Lipinski definition) is 1. The predicted molar refractivity (Wildman–Crippen MR) is 124 cm³/mol. The van der Waals surface area contributed by atoms with Crippen molar-refractivity contribution in [2.75, 3.05) is 37.6 Å². The number of nitrogens with one attached hydrogen (secondary N) is 1. The van der Waals surface area contributed by atoms with Crippen molar-refractivity contribution in [1.29, 1.82) is 0 Å². The highest BCUT2D eigenvalue weighted by Gasteiger charge is 2.25. The number of anilines is 2. The Morgan fingerprint density at radius 2 is 1.90 bits per heavy atom. The van der Waals surface area contributed by atoms with Gasteiger partial charge < -0.3 is 19.3 Å². The summed E-state index contributed by atoms with van der Waals surface area (Å²) in [6, 6.07) is 11.7. The largest absolute Gasteiger partial charge is 0.493 e. The summed E-state index contributed by atoms with van der Waals surface area (Å²) in [5.74, 6) is 1.51. The average molecular weight is 422 g/mol. The Morgan fingerprint density at radius 3 is 2.58 bits per heavy atom. The normalized spacial score (nSPS) is 14.8. The molecule has 2 aromatic carbocycles. The van der Waals surface area contributed by atoms with E-state index >= 15 is 0 Å². The van der Waals surface area contributed by atoms with Crippen LogP contribution >= 0.6 is 0 Å². The highest BCUT2D eigenvalue weighted by atomic mass is 16.5. The minimum Gasteiger partial charge on any atom is -0.493 e. The number of aliphatic imine (C=N–C) groups is 1. The molecule has 0 aliphatic carbocycles. The summed E-state index contributed by atoms with van der Waals surface area (Å²) in [4.78, 5) is 28.8. The molecule has 0 saturated heterocycles. The van der Waals surface area contributed by atoms with Crippen LogP contribution in [0.5, 0.6) is 11.5 Å². The molecule has 0 radical (unpaired) electrons. The summed E-state index contributed by atoms with van der Waals surface area (Å²) in [5, 5.41) is 0.452. The molecule has 1 aliphatic rings. The lowest BCUT2D eigenvalue weighted by molar-refractivity contribution is 0.355. The first-order valence-electron chi connectivity index (χ1n) is 10.1. The van der Waals surface area contributed by atoms with Crippen molar-refractivity contribution in [3.8, 4) is 11.5 Å². The lowest BCUT2D eigenvalue weighted by Gasteiger charge is -2.22. The molecule has 2 heterocycles. The smallest absolute Gasteiger partial charge is 0.260 e. The zero-order chi connectivity index (χ0) is 22.2. The number of methoxy groups -OCH3 is 2. The van der Waals surface area contributed by atoms with Crippen molar-refractivity contribution in [1.82, 2.24) is 9.97 Å². The highest BCUT2D eigenvalue weighted by molar-refractivity contribution is 5.83. The molecule has 0 amide bonds. The van der Waals surface area contributed by atoms with Crippen molar-refractivity contribution in [3.63, 3.8) is 0 Å². The van der Waals surface area contributed by atoms with Gasteiger partial charge in [-0.15, -0.1) is 0 Å². The Hall–Kier alpha value is -3.55. The summed E-state index contributed by atoms with van der Waals surface area (Å²) >= 11 is 0. The Morgan fingerprint density at radius 1 is 1.16 bits per heavy atom. The van der Waals surface area contributed by atoms with E-state index in [1.807, 2.05) is 24.4 Å². The highest BCUT2D eigenvalue weighted by Crippen LogP contribution is 2.30.